The Balaban J connectivity index is 2.08. The van der Waals surface area contributed by atoms with E-state index in [0.717, 1.165) is 18.7 Å². The maximum Gasteiger partial charge on any atom is 0.251 e. The van der Waals surface area contributed by atoms with Crippen LogP contribution in [0.3, 0.4) is 0 Å². The van der Waals surface area contributed by atoms with Crippen LogP contribution in [0.5, 0.6) is 0 Å². The third kappa shape index (κ3) is 3.76. The van der Waals surface area contributed by atoms with Crippen molar-refractivity contribution in [3.63, 3.8) is 0 Å². The molecule has 0 spiro atoms. The van der Waals surface area contributed by atoms with Crippen molar-refractivity contribution in [3.8, 4) is 0 Å². The smallest absolute Gasteiger partial charge is 0.251 e. The fraction of sp³-hybridized carbons (Fsp3) is 0.562. The van der Waals surface area contributed by atoms with Gasteiger partial charge in [0.15, 0.2) is 0 Å². The summed E-state index contributed by atoms with van der Waals surface area (Å²) in [5, 5.41) is 3.74. The summed E-state index contributed by atoms with van der Waals surface area (Å²) < 4.78 is 5.51. The molecule has 1 aromatic rings. The van der Waals surface area contributed by atoms with Crippen molar-refractivity contribution in [1.82, 2.24) is 10.2 Å². The Kier molecular flexibility index (Phi) is 5.25. The van der Waals surface area contributed by atoms with E-state index in [2.05, 4.69) is 24.1 Å². The lowest BCUT2D eigenvalue weighted by Gasteiger charge is -2.20. The first-order chi connectivity index (χ1) is 9.92. The van der Waals surface area contributed by atoms with Crippen LogP contribution in [-0.2, 0) is 4.74 Å². The van der Waals surface area contributed by atoms with E-state index in [1.807, 2.05) is 6.92 Å². The third-order valence-electron chi connectivity index (χ3n) is 4.08. The summed E-state index contributed by atoms with van der Waals surface area (Å²) in [6, 6.07) is 5.78. The quantitative estimate of drug-likeness (QED) is 0.929. The number of carbonyl (C=O) groups excluding carboxylic acids is 1. The molecule has 1 aliphatic rings. The summed E-state index contributed by atoms with van der Waals surface area (Å²) in [5.41, 5.74) is 1.55. The molecule has 1 aromatic carbocycles. The van der Waals surface area contributed by atoms with Crippen LogP contribution in [0.25, 0.3) is 0 Å². The molecule has 1 aliphatic heterocycles. The molecule has 0 saturated carbocycles. The van der Waals surface area contributed by atoms with Crippen LogP contribution < -0.4 is 5.32 Å². The van der Waals surface area contributed by atoms with E-state index < -0.39 is 0 Å². The Hall–Kier alpha value is -1.10. The number of rotatable bonds is 4. The summed E-state index contributed by atoms with van der Waals surface area (Å²) in [6.07, 6.45) is 0.0314. The monoisotopic (exact) mass is 310 g/mol. The number of ether oxygens (including phenoxy) is 1. The molecular formula is C16H23ClN2O2. The van der Waals surface area contributed by atoms with E-state index in [1.54, 1.807) is 25.3 Å². The van der Waals surface area contributed by atoms with E-state index in [4.69, 9.17) is 16.3 Å². The number of hydrogen-bond acceptors (Lipinski definition) is 3. The van der Waals surface area contributed by atoms with Crippen LogP contribution in [-0.4, -0.2) is 49.2 Å². The van der Waals surface area contributed by atoms with Gasteiger partial charge in [-0.2, -0.15) is 0 Å². The SMILES string of the molecule is CO[C@H]1CN(C(C)C)C[C@@H]1NC(=O)c1ccc(Cl)cc1C. The number of halogens is 1. The van der Waals surface area contributed by atoms with Gasteiger partial charge in [0.2, 0.25) is 0 Å². The number of carbonyl (C=O) groups is 1. The van der Waals surface area contributed by atoms with Gasteiger partial charge < -0.3 is 10.1 Å². The molecule has 0 aliphatic carbocycles. The van der Waals surface area contributed by atoms with Crippen molar-refractivity contribution >= 4 is 17.5 Å². The highest BCUT2D eigenvalue weighted by Crippen LogP contribution is 2.18. The average Bonchev–Trinajstić information content (AvgIpc) is 2.81. The number of likely N-dealkylation sites (tertiary alicyclic amines) is 1. The van der Waals surface area contributed by atoms with E-state index in [0.29, 0.717) is 16.6 Å². The van der Waals surface area contributed by atoms with Crippen LogP contribution in [0, 0.1) is 6.92 Å². The van der Waals surface area contributed by atoms with Gasteiger partial charge in [0.05, 0.1) is 12.1 Å². The second-order valence-corrected chi connectivity index (χ2v) is 6.30. The molecule has 1 fully saturated rings. The van der Waals surface area contributed by atoms with E-state index >= 15 is 0 Å². The zero-order chi connectivity index (χ0) is 15.6. The lowest BCUT2D eigenvalue weighted by Crippen LogP contribution is -2.44. The van der Waals surface area contributed by atoms with Gasteiger partial charge in [-0.1, -0.05) is 11.6 Å². The van der Waals surface area contributed by atoms with Gasteiger partial charge in [-0.3, -0.25) is 9.69 Å². The Bertz CT molecular complexity index is 519. The molecule has 2 rings (SSSR count). The second-order valence-electron chi connectivity index (χ2n) is 5.86. The van der Waals surface area contributed by atoms with E-state index in [-0.39, 0.29) is 18.1 Å². The van der Waals surface area contributed by atoms with Crippen LogP contribution in [0.1, 0.15) is 29.8 Å². The lowest BCUT2D eigenvalue weighted by molar-refractivity contribution is 0.0753. The fourth-order valence-corrected chi connectivity index (χ4v) is 2.96. The fourth-order valence-electron chi connectivity index (χ4n) is 2.73. The topological polar surface area (TPSA) is 41.6 Å². The number of methoxy groups -OCH3 is 1. The zero-order valence-electron chi connectivity index (χ0n) is 13.0. The van der Waals surface area contributed by atoms with Crippen LogP contribution in [0.4, 0.5) is 0 Å². The predicted molar refractivity (Wildman–Crippen MR) is 84.9 cm³/mol. The Morgan fingerprint density at radius 3 is 2.71 bits per heavy atom. The minimum atomic E-state index is -0.0678. The largest absolute Gasteiger partial charge is 0.378 e. The summed E-state index contributed by atoms with van der Waals surface area (Å²) in [4.78, 5) is 14.8. The Labute approximate surface area is 131 Å². The molecular weight excluding hydrogens is 288 g/mol. The van der Waals surface area contributed by atoms with Crippen molar-refractivity contribution < 1.29 is 9.53 Å². The van der Waals surface area contributed by atoms with Crippen molar-refractivity contribution in [2.75, 3.05) is 20.2 Å². The highest BCUT2D eigenvalue weighted by atomic mass is 35.5. The van der Waals surface area contributed by atoms with Crippen LogP contribution >= 0.6 is 11.6 Å². The van der Waals surface area contributed by atoms with Gasteiger partial charge in [-0.25, -0.2) is 0 Å². The standard InChI is InChI=1S/C16H23ClN2O2/c1-10(2)19-8-14(15(9-19)21-4)18-16(20)13-6-5-12(17)7-11(13)3/h5-7,10,14-15H,8-9H2,1-4H3,(H,18,20)/t14-,15-/m0/s1. The summed E-state index contributed by atoms with van der Waals surface area (Å²) in [7, 11) is 1.70. The first kappa shape index (κ1) is 16.3. The molecule has 0 radical (unpaired) electrons. The molecule has 2 atom stereocenters. The second kappa shape index (κ2) is 6.77. The van der Waals surface area contributed by atoms with Gasteiger partial charge in [0.25, 0.3) is 5.91 Å². The molecule has 0 unspecified atom stereocenters. The normalized spacial score (nSPS) is 22.8. The summed E-state index contributed by atoms with van der Waals surface area (Å²) in [6.45, 7) is 7.86. The number of aryl methyl sites for hydroxylation is 1. The highest BCUT2D eigenvalue weighted by molar-refractivity contribution is 6.30. The van der Waals surface area contributed by atoms with Gasteiger partial charge in [-0.15, -0.1) is 0 Å². The molecule has 1 saturated heterocycles. The molecule has 116 valence electrons. The number of benzene rings is 1. The van der Waals surface area contributed by atoms with Crippen molar-refractivity contribution in [3.05, 3.63) is 34.3 Å². The van der Waals surface area contributed by atoms with E-state index in [9.17, 15) is 4.79 Å². The Morgan fingerprint density at radius 1 is 1.43 bits per heavy atom. The minimum Gasteiger partial charge on any atom is -0.378 e. The first-order valence-electron chi connectivity index (χ1n) is 7.26. The molecule has 4 nitrogen and oxygen atoms in total. The van der Waals surface area contributed by atoms with Crippen LogP contribution in [0.15, 0.2) is 18.2 Å². The molecule has 5 heteroatoms. The van der Waals surface area contributed by atoms with Crippen LogP contribution in [0.2, 0.25) is 5.02 Å². The molecule has 21 heavy (non-hydrogen) atoms. The summed E-state index contributed by atoms with van der Waals surface area (Å²) >= 11 is 5.93. The number of amides is 1. The maximum atomic E-state index is 12.4. The number of nitrogens with zero attached hydrogens (tertiary/aromatic N) is 1. The minimum absolute atomic E-state index is 0.0139. The zero-order valence-corrected chi connectivity index (χ0v) is 13.8. The molecule has 0 bridgehead atoms. The van der Waals surface area contributed by atoms with Crippen molar-refractivity contribution in [2.24, 2.45) is 0 Å². The van der Waals surface area contributed by atoms with Gasteiger partial charge in [0.1, 0.15) is 0 Å². The highest BCUT2D eigenvalue weighted by Gasteiger charge is 2.35. The summed E-state index contributed by atoms with van der Waals surface area (Å²) in [5.74, 6) is -0.0678. The third-order valence-corrected chi connectivity index (χ3v) is 4.31. The maximum absolute atomic E-state index is 12.4. The number of nitrogens with one attached hydrogen (secondary N) is 1. The Morgan fingerprint density at radius 2 is 2.14 bits per heavy atom. The predicted octanol–water partition coefficient (Wildman–Crippen LogP) is 2.49. The van der Waals surface area contributed by atoms with Gasteiger partial charge >= 0.3 is 0 Å². The average molecular weight is 311 g/mol. The first-order valence-corrected chi connectivity index (χ1v) is 7.64. The van der Waals surface area contributed by atoms with Crippen molar-refractivity contribution in [1.29, 1.82) is 0 Å². The van der Waals surface area contributed by atoms with E-state index in [1.165, 1.54) is 0 Å². The molecule has 0 aromatic heterocycles. The molecule has 1 N–H and O–H groups in total. The van der Waals surface area contributed by atoms with Gasteiger partial charge in [-0.05, 0) is 44.5 Å². The molecule has 1 heterocycles. The van der Waals surface area contributed by atoms with Gasteiger partial charge in [0, 0.05) is 36.8 Å². The molecule has 1 amide bonds. The van der Waals surface area contributed by atoms with Crippen molar-refractivity contribution in [2.45, 2.75) is 39.0 Å². The lowest BCUT2D eigenvalue weighted by atomic mass is 10.1. The number of hydrogen-bond donors (Lipinski definition) is 1.